The first kappa shape index (κ1) is 17.9. The summed E-state index contributed by atoms with van der Waals surface area (Å²) < 4.78 is 27.6. The van der Waals surface area contributed by atoms with Crippen molar-refractivity contribution in [3.63, 3.8) is 0 Å². The average Bonchev–Trinajstić information content (AvgIpc) is 2.99. The van der Waals surface area contributed by atoms with E-state index in [2.05, 4.69) is 9.62 Å². The Bertz CT molecular complexity index is 761. The lowest BCUT2D eigenvalue weighted by molar-refractivity contribution is 0.0390. The molecule has 2 heterocycles. The highest BCUT2D eigenvalue weighted by molar-refractivity contribution is 7.87. The maximum Gasteiger partial charge on any atom is 0.279 e. The van der Waals surface area contributed by atoms with E-state index in [9.17, 15) is 13.2 Å². The van der Waals surface area contributed by atoms with Crippen LogP contribution in [0.5, 0.6) is 0 Å². The third-order valence-corrected chi connectivity index (χ3v) is 7.61. The second-order valence-electron chi connectivity index (χ2n) is 7.68. The molecule has 0 spiro atoms. The van der Waals surface area contributed by atoms with Crippen LogP contribution in [0.3, 0.4) is 0 Å². The number of benzene rings is 1. The number of rotatable bonds is 3. The molecule has 1 amide bonds. The minimum absolute atomic E-state index is 0.128. The van der Waals surface area contributed by atoms with E-state index in [1.54, 1.807) is 0 Å². The van der Waals surface area contributed by atoms with Crippen molar-refractivity contribution in [1.29, 1.82) is 0 Å². The van der Waals surface area contributed by atoms with Gasteiger partial charge in [0.2, 0.25) is 0 Å². The van der Waals surface area contributed by atoms with E-state index in [-0.39, 0.29) is 5.91 Å². The second-order valence-corrected chi connectivity index (χ2v) is 9.44. The van der Waals surface area contributed by atoms with Crippen molar-refractivity contribution >= 4 is 16.1 Å². The Morgan fingerprint density at radius 3 is 2.50 bits per heavy atom. The van der Waals surface area contributed by atoms with Gasteiger partial charge in [0, 0.05) is 37.8 Å². The number of carbonyl (C=O) groups excluding carboxylic acids is 1. The monoisotopic (exact) mass is 377 g/mol. The van der Waals surface area contributed by atoms with Crippen molar-refractivity contribution in [2.24, 2.45) is 5.92 Å². The predicted molar refractivity (Wildman–Crippen MR) is 99.8 cm³/mol. The van der Waals surface area contributed by atoms with Crippen molar-refractivity contribution in [3.8, 4) is 0 Å². The smallest absolute Gasteiger partial charge is 0.279 e. The quantitative estimate of drug-likeness (QED) is 0.877. The first-order valence-electron chi connectivity index (χ1n) is 9.69. The zero-order valence-electron chi connectivity index (χ0n) is 15.1. The third-order valence-electron chi connectivity index (χ3n) is 6.05. The van der Waals surface area contributed by atoms with Crippen molar-refractivity contribution in [2.45, 2.75) is 51.1 Å². The summed E-state index contributed by atoms with van der Waals surface area (Å²) in [7, 11) is -3.33. The number of fused-ring (bicyclic) bond motifs is 1. The van der Waals surface area contributed by atoms with Gasteiger partial charge in [-0.3, -0.25) is 4.79 Å². The number of amides is 1. The highest BCUT2D eigenvalue weighted by Gasteiger charge is 2.36. The molecule has 2 unspecified atom stereocenters. The van der Waals surface area contributed by atoms with Crippen molar-refractivity contribution in [1.82, 2.24) is 13.9 Å². The van der Waals surface area contributed by atoms with Crippen molar-refractivity contribution in [3.05, 3.63) is 35.4 Å². The maximum absolute atomic E-state index is 13.0. The first-order chi connectivity index (χ1) is 12.5. The highest BCUT2D eigenvalue weighted by Crippen LogP contribution is 2.35. The van der Waals surface area contributed by atoms with Crippen LogP contribution < -0.4 is 4.72 Å². The molecule has 26 heavy (non-hydrogen) atoms. The van der Waals surface area contributed by atoms with Crippen molar-refractivity contribution in [2.75, 3.05) is 19.6 Å². The standard InChI is InChI=1S/C19H27N3O3S/c23-19(22-12-3-5-16-4-1-2-6-18(16)22)17-9-7-15(8-10-17)14-21-13-11-20-26(21,24)25/h7-10,16,18,20H,1-6,11-14H2. The van der Waals surface area contributed by atoms with E-state index in [0.717, 1.165) is 24.9 Å². The summed E-state index contributed by atoms with van der Waals surface area (Å²) in [6.07, 6.45) is 7.27. The molecule has 2 saturated heterocycles. The van der Waals surface area contributed by atoms with Crippen LogP contribution in [0.4, 0.5) is 0 Å². The molecule has 0 bridgehead atoms. The molecule has 0 radical (unpaired) electrons. The molecule has 2 aliphatic heterocycles. The molecule has 1 aromatic carbocycles. The molecular weight excluding hydrogens is 350 g/mol. The van der Waals surface area contributed by atoms with Gasteiger partial charge < -0.3 is 4.90 Å². The van der Waals surface area contributed by atoms with Crippen molar-refractivity contribution < 1.29 is 13.2 Å². The van der Waals surface area contributed by atoms with Crippen LogP contribution in [0.2, 0.25) is 0 Å². The molecule has 7 heteroatoms. The summed E-state index contributed by atoms with van der Waals surface area (Å²) >= 11 is 0. The number of carbonyl (C=O) groups is 1. The fraction of sp³-hybridized carbons (Fsp3) is 0.632. The van der Waals surface area contributed by atoms with E-state index < -0.39 is 10.2 Å². The zero-order valence-corrected chi connectivity index (χ0v) is 15.9. The number of hydrogen-bond donors (Lipinski definition) is 1. The average molecular weight is 378 g/mol. The summed E-state index contributed by atoms with van der Waals surface area (Å²) in [6, 6.07) is 7.86. The summed E-state index contributed by atoms with van der Waals surface area (Å²) in [5, 5.41) is 0. The van der Waals surface area contributed by atoms with Gasteiger partial charge in [0.1, 0.15) is 0 Å². The lowest BCUT2D eigenvalue weighted by atomic mass is 9.78. The van der Waals surface area contributed by atoms with Gasteiger partial charge in [0.05, 0.1) is 0 Å². The highest BCUT2D eigenvalue weighted by atomic mass is 32.2. The number of nitrogens with one attached hydrogen (secondary N) is 1. The molecular formula is C19H27N3O3S. The molecule has 3 fully saturated rings. The van der Waals surface area contributed by atoms with E-state index >= 15 is 0 Å². The van der Waals surface area contributed by atoms with Crippen LogP contribution in [0, 0.1) is 5.92 Å². The molecule has 2 atom stereocenters. The summed E-state index contributed by atoms with van der Waals surface area (Å²) in [5.41, 5.74) is 1.62. The van der Waals surface area contributed by atoms with E-state index in [1.807, 2.05) is 24.3 Å². The maximum atomic E-state index is 13.0. The van der Waals surface area contributed by atoms with E-state index in [1.165, 1.54) is 30.0 Å². The third kappa shape index (κ3) is 3.52. The topological polar surface area (TPSA) is 69.7 Å². The van der Waals surface area contributed by atoms with Gasteiger partial charge in [-0.15, -0.1) is 0 Å². The molecule has 1 aliphatic carbocycles. The SMILES string of the molecule is O=C(c1ccc(CN2CCNS2(=O)=O)cc1)N1CCCC2CCCCC21. The molecule has 142 valence electrons. The molecule has 6 nitrogen and oxygen atoms in total. The number of nitrogens with zero attached hydrogens (tertiary/aromatic N) is 2. The van der Waals surface area contributed by atoms with Gasteiger partial charge in [0.15, 0.2) is 0 Å². The summed E-state index contributed by atoms with van der Waals surface area (Å²) in [4.78, 5) is 15.1. The predicted octanol–water partition coefficient (Wildman–Crippen LogP) is 2.13. The fourth-order valence-electron chi connectivity index (χ4n) is 4.67. The lowest BCUT2D eigenvalue weighted by Crippen LogP contribution is -2.49. The minimum atomic E-state index is -3.33. The van der Waals surface area contributed by atoms with E-state index in [0.29, 0.717) is 37.2 Å². The number of likely N-dealkylation sites (tertiary alicyclic amines) is 1. The summed E-state index contributed by atoms with van der Waals surface area (Å²) in [5.74, 6) is 0.803. The van der Waals surface area contributed by atoms with Gasteiger partial charge in [-0.05, 0) is 49.3 Å². The van der Waals surface area contributed by atoms with E-state index in [4.69, 9.17) is 0 Å². The Hall–Kier alpha value is -1.44. The normalized spacial score (nSPS) is 28.7. The van der Waals surface area contributed by atoms with Gasteiger partial charge in [-0.1, -0.05) is 25.0 Å². The van der Waals surface area contributed by atoms with Crippen LogP contribution >= 0.6 is 0 Å². The second kappa shape index (κ2) is 7.29. The fourth-order valence-corrected chi connectivity index (χ4v) is 5.86. The Morgan fingerprint density at radius 1 is 1.04 bits per heavy atom. The van der Waals surface area contributed by atoms with Crippen LogP contribution in [0.25, 0.3) is 0 Å². The van der Waals surface area contributed by atoms with Gasteiger partial charge in [0.25, 0.3) is 16.1 Å². The van der Waals surface area contributed by atoms with Crippen LogP contribution in [0.1, 0.15) is 54.4 Å². The molecule has 4 rings (SSSR count). The molecule has 1 saturated carbocycles. The van der Waals surface area contributed by atoms with Gasteiger partial charge in [-0.2, -0.15) is 12.7 Å². The van der Waals surface area contributed by atoms with Gasteiger partial charge >= 0.3 is 0 Å². The first-order valence-corrected chi connectivity index (χ1v) is 11.1. The minimum Gasteiger partial charge on any atom is -0.335 e. The zero-order chi connectivity index (χ0) is 18.1. The molecule has 1 N–H and O–H groups in total. The van der Waals surface area contributed by atoms with Crippen LogP contribution in [0.15, 0.2) is 24.3 Å². The van der Waals surface area contributed by atoms with Crippen LogP contribution in [-0.2, 0) is 16.8 Å². The summed E-state index contributed by atoms with van der Waals surface area (Å²) in [6.45, 7) is 2.15. The molecule has 0 aromatic heterocycles. The Balaban J connectivity index is 1.45. The molecule has 1 aromatic rings. The van der Waals surface area contributed by atoms with Gasteiger partial charge in [-0.25, -0.2) is 4.72 Å². The lowest BCUT2D eigenvalue weighted by Gasteiger charge is -2.44. The Morgan fingerprint density at radius 2 is 1.77 bits per heavy atom. The van der Waals surface area contributed by atoms with Crippen LogP contribution in [-0.4, -0.2) is 49.2 Å². The largest absolute Gasteiger partial charge is 0.335 e. The molecule has 3 aliphatic rings. The Kier molecular flexibility index (Phi) is 5.03. The number of piperidine rings is 1. The Labute approximate surface area is 155 Å². The number of hydrogen-bond acceptors (Lipinski definition) is 3.